The molecule has 1 rings (SSSR count). The molecule has 0 spiro atoms. The summed E-state index contributed by atoms with van der Waals surface area (Å²) < 4.78 is 0. The summed E-state index contributed by atoms with van der Waals surface area (Å²) in [5.41, 5.74) is 1.30. The molecule has 1 aromatic heterocycles. The number of aryl methyl sites for hydroxylation is 1. The first kappa shape index (κ1) is 13.6. The standard InChI is InChI=1S/C13H22N4/c1-12(17(3)11-10-14-2)6-4-7-13-15-8-5-9-16-13/h5-6,8-9,14H,4,7,10-11H2,1-3H3/b12-6+. The largest absolute Gasteiger partial charge is 0.377 e. The second kappa shape index (κ2) is 7.79. The van der Waals surface area contributed by atoms with E-state index < -0.39 is 0 Å². The zero-order valence-corrected chi connectivity index (χ0v) is 11.0. The highest BCUT2D eigenvalue weighted by molar-refractivity contribution is 4.99. The molecule has 0 atom stereocenters. The first-order valence-corrected chi connectivity index (χ1v) is 6.02. The summed E-state index contributed by atoms with van der Waals surface area (Å²) in [5, 5.41) is 3.15. The van der Waals surface area contributed by atoms with Gasteiger partial charge in [0.15, 0.2) is 0 Å². The summed E-state index contributed by atoms with van der Waals surface area (Å²) in [6.45, 7) is 4.17. The van der Waals surface area contributed by atoms with Gasteiger partial charge in [0.1, 0.15) is 5.82 Å². The third kappa shape index (κ3) is 5.45. The molecule has 1 N–H and O–H groups in total. The highest BCUT2D eigenvalue weighted by Gasteiger charge is 1.98. The van der Waals surface area contributed by atoms with E-state index in [9.17, 15) is 0 Å². The lowest BCUT2D eigenvalue weighted by Crippen LogP contribution is -2.25. The van der Waals surface area contributed by atoms with Crippen molar-refractivity contribution >= 4 is 0 Å². The Labute approximate surface area is 104 Å². The third-order valence-corrected chi connectivity index (χ3v) is 2.73. The van der Waals surface area contributed by atoms with E-state index in [0.29, 0.717) is 0 Å². The maximum Gasteiger partial charge on any atom is 0.128 e. The fourth-order valence-corrected chi connectivity index (χ4v) is 1.48. The van der Waals surface area contributed by atoms with Crippen LogP contribution in [-0.4, -0.2) is 42.1 Å². The van der Waals surface area contributed by atoms with Gasteiger partial charge in [-0.3, -0.25) is 0 Å². The van der Waals surface area contributed by atoms with Crippen LogP contribution < -0.4 is 5.32 Å². The molecule has 0 fully saturated rings. The van der Waals surface area contributed by atoms with Crippen molar-refractivity contribution < 1.29 is 0 Å². The van der Waals surface area contributed by atoms with E-state index in [1.165, 1.54) is 5.70 Å². The third-order valence-electron chi connectivity index (χ3n) is 2.73. The van der Waals surface area contributed by atoms with Crippen LogP contribution in [0, 0.1) is 0 Å². The van der Waals surface area contributed by atoms with Crippen LogP contribution in [0.15, 0.2) is 30.2 Å². The van der Waals surface area contributed by atoms with E-state index in [2.05, 4.69) is 40.2 Å². The molecule has 1 aromatic rings. The zero-order valence-electron chi connectivity index (χ0n) is 11.0. The Morgan fingerprint density at radius 1 is 1.41 bits per heavy atom. The minimum absolute atomic E-state index is 0.901. The van der Waals surface area contributed by atoms with Gasteiger partial charge >= 0.3 is 0 Å². The number of aromatic nitrogens is 2. The van der Waals surface area contributed by atoms with Gasteiger partial charge in [-0.15, -0.1) is 0 Å². The second-order valence-electron chi connectivity index (χ2n) is 4.07. The van der Waals surface area contributed by atoms with Crippen molar-refractivity contribution in [1.82, 2.24) is 20.2 Å². The topological polar surface area (TPSA) is 41.0 Å². The number of likely N-dealkylation sites (N-methyl/N-ethyl adjacent to an activating group) is 2. The Morgan fingerprint density at radius 2 is 2.12 bits per heavy atom. The fraction of sp³-hybridized carbons (Fsp3) is 0.538. The van der Waals surface area contributed by atoms with E-state index in [-0.39, 0.29) is 0 Å². The molecule has 0 aliphatic carbocycles. The van der Waals surface area contributed by atoms with Crippen molar-refractivity contribution in [2.75, 3.05) is 27.2 Å². The van der Waals surface area contributed by atoms with Crippen LogP contribution in [0.2, 0.25) is 0 Å². The van der Waals surface area contributed by atoms with Crippen molar-refractivity contribution in [2.45, 2.75) is 19.8 Å². The first-order chi connectivity index (χ1) is 8.24. The van der Waals surface area contributed by atoms with E-state index in [4.69, 9.17) is 0 Å². The molecule has 4 nitrogen and oxygen atoms in total. The molecule has 0 unspecified atom stereocenters. The maximum atomic E-state index is 4.21. The Kier molecular flexibility index (Phi) is 6.25. The minimum Gasteiger partial charge on any atom is -0.377 e. The molecular formula is C13H22N4. The maximum absolute atomic E-state index is 4.21. The summed E-state index contributed by atoms with van der Waals surface area (Å²) in [4.78, 5) is 10.7. The van der Waals surface area contributed by atoms with E-state index >= 15 is 0 Å². The van der Waals surface area contributed by atoms with Crippen molar-refractivity contribution in [3.63, 3.8) is 0 Å². The van der Waals surface area contributed by atoms with Crippen molar-refractivity contribution in [3.8, 4) is 0 Å². The predicted octanol–water partition coefficient (Wildman–Crippen LogP) is 1.46. The molecule has 0 aliphatic rings. The van der Waals surface area contributed by atoms with Gasteiger partial charge in [0.05, 0.1) is 0 Å². The Balaban J connectivity index is 2.32. The van der Waals surface area contributed by atoms with Crippen molar-refractivity contribution in [3.05, 3.63) is 36.1 Å². The molecule has 0 aliphatic heterocycles. The first-order valence-electron chi connectivity index (χ1n) is 6.02. The van der Waals surface area contributed by atoms with Crippen LogP contribution in [0.5, 0.6) is 0 Å². The molecule has 4 heteroatoms. The summed E-state index contributed by atoms with van der Waals surface area (Å²) >= 11 is 0. The SMILES string of the molecule is CNCCN(C)/C(C)=C/CCc1ncccn1. The van der Waals surface area contributed by atoms with Gasteiger partial charge < -0.3 is 10.2 Å². The van der Waals surface area contributed by atoms with Gasteiger partial charge in [0.25, 0.3) is 0 Å². The van der Waals surface area contributed by atoms with Gasteiger partial charge in [-0.25, -0.2) is 9.97 Å². The molecule has 0 amide bonds. The lowest BCUT2D eigenvalue weighted by Gasteiger charge is -2.19. The van der Waals surface area contributed by atoms with Crippen LogP contribution in [0.3, 0.4) is 0 Å². The monoisotopic (exact) mass is 234 g/mol. The van der Waals surface area contributed by atoms with Gasteiger partial charge in [0.2, 0.25) is 0 Å². The molecule has 0 saturated carbocycles. The Morgan fingerprint density at radius 3 is 2.76 bits per heavy atom. The second-order valence-corrected chi connectivity index (χ2v) is 4.07. The molecule has 1 heterocycles. The highest BCUT2D eigenvalue weighted by atomic mass is 15.1. The number of rotatable bonds is 7. The number of nitrogens with zero attached hydrogens (tertiary/aromatic N) is 3. The molecular weight excluding hydrogens is 212 g/mol. The van der Waals surface area contributed by atoms with Crippen LogP contribution in [0.1, 0.15) is 19.2 Å². The quantitative estimate of drug-likeness (QED) is 0.775. The summed E-state index contributed by atoms with van der Waals surface area (Å²) in [7, 11) is 4.09. The average Bonchev–Trinajstić information content (AvgIpc) is 2.37. The number of allylic oxidation sites excluding steroid dienone is 2. The molecule has 17 heavy (non-hydrogen) atoms. The number of hydrogen-bond acceptors (Lipinski definition) is 4. The van der Waals surface area contributed by atoms with Gasteiger partial charge in [-0.05, 0) is 26.5 Å². The number of nitrogens with one attached hydrogen (secondary N) is 1. The van der Waals surface area contributed by atoms with Gasteiger partial charge in [-0.2, -0.15) is 0 Å². The van der Waals surface area contributed by atoms with Crippen molar-refractivity contribution in [2.24, 2.45) is 0 Å². The smallest absolute Gasteiger partial charge is 0.128 e. The molecule has 0 radical (unpaired) electrons. The summed E-state index contributed by atoms with van der Waals surface area (Å²) in [5.74, 6) is 0.912. The normalized spacial score (nSPS) is 11.6. The molecule has 0 saturated heterocycles. The van der Waals surface area contributed by atoms with Crippen LogP contribution >= 0.6 is 0 Å². The van der Waals surface area contributed by atoms with Crippen LogP contribution in [0.4, 0.5) is 0 Å². The molecule has 0 aromatic carbocycles. The summed E-state index contributed by atoms with van der Waals surface area (Å²) in [6, 6.07) is 1.84. The minimum atomic E-state index is 0.901. The summed E-state index contributed by atoms with van der Waals surface area (Å²) in [6.07, 6.45) is 7.71. The number of hydrogen-bond donors (Lipinski definition) is 1. The molecule has 94 valence electrons. The lowest BCUT2D eigenvalue weighted by molar-refractivity contribution is 0.414. The van der Waals surface area contributed by atoms with Crippen LogP contribution in [-0.2, 0) is 6.42 Å². The predicted molar refractivity (Wildman–Crippen MR) is 70.7 cm³/mol. The van der Waals surface area contributed by atoms with Gasteiger partial charge in [-0.1, -0.05) is 6.08 Å². The van der Waals surface area contributed by atoms with Crippen molar-refractivity contribution in [1.29, 1.82) is 0 Å². The van der Waals surface area contributed by atoms with E-state index in [1.54, 1.807) is 12.4 Å². The van der Waals surface area contributed by atoms with E-state index in [1.807, 2.05) is 13.1 Å². The Hall–Kier alpha value is -1.42. The fourth-order valence-electron chi connectivity index (χ4n) is 1.48. The zero-order chi connectivity index (χ0) is 12.5. The molecule has 0 bridgehead atoms. The van der Waals surface area contributed by atoms with Gasteiger partial charge in [0, 0.05) is 44.6 Å². The highest BCUT2D eigenvalue weighted by Crippen LogP contribution is 2.03. The van der Waals surface area contributed by atoms with E-state index in [0.717, 1.165) is 31.8 Å². The lowest BCUT2D eigenvalue weighted by atomic mass is 10.2. The Bertz CT molecular complexity index is 335. The van der Waals surface area contributed by atoms with Crippen LogP contribution in [0.25, 0.3) is 0 Å². The average molecular weight is 234 g/mol.